The standard InChI is InChI=1S/C26H29N5OS/c1-26(2,3)20-15-13-18(14-16-20)23-28-30-25(31(23)21-11-7-8-12-21)33-17-22-27-29-24(32-22)19-9-5-4-6-10-19/h4-6,9-10,13-16,21H,7-8,11-12,17H2,1-3H3. The van der Waals surface area contributed by atoms with E-state index in [1.54, 1.807) is 11.8 Å². The Labute approximate surface area is 198 Å². The fourth-order valence-electron chi connectivity index (χ4n) is 4.32. The van der Waals surface area contributed by atoms with E-state index in [0.29, 0.717) is 23.6 Å². The molecule has 0 N–H and O–H groups in total. The average Bonchev–Trinajstić information content (AvgIpc) is 3.58. The molecule has 1 aliphatic carbocycles. The Bertz CT molecular complexity index is 1200. The van der Waals surface area contributed by atoms with E-state index in [-0.39, 0.29) is 5.41 Å². The van der Waals surface area contributed by atoms with E-state index in [0.717, 1.165) is 34.9 Å². The molecule has 33 heavy (non-hydrogen) atoms. The van der Waals surface area contributed by atoms with Crippen molar-refractivity contribution in [1.82, 2.24) is 25.0 Å². The molecule has 0 atom stereocenters. The third kappa shape index (κ3) is 4.74. The Morgan fingerprint density at radius 3 is 2.30 bits per heavy atom. The van der Waals surface area contributed by atoms with Crippen molar-refractivity contribution in [3.63, 3.8) is 0 Å². The number of hydrogen-bond donors (Lipinski definition) is 0. The quantitative estimate of drug-likeness (QED) is 0.299. The molecule has 6 nitrogen and oxygen atoms in total. The normalized spacial score (nSPS) is 14.8. The van der Waals surface area contributed by atoms with Crippen LogP contribution in [0.4, 0.5) is 0 Å². The SMILES string of the molecule is CC(C)(C)c1ccc(-c2nnc(SCc3nnc(-c4ccccc4)o3)n2C2CCCC2)cc1. The molecule has 1 saturated carbocycles. The molecule has 0 spiro atoms. The molecule has 5 rings (SSSR count). The lowest BCUT2D eigenvalue weighted by atomic mass is 9.86. The summed E-state index contributed by atoms with van der Waals surface area (Å²) in [4.78, 5) is 0. The zero-order valence-corrected chi connectivity index (χ0v) is 20.2. The molecule has 0 unspecified atom stereocenters. The molecule has 1 aliphatic rings. The third-order valence-corrected chi connectivity index (χ3v) is 7.10. The molecule has 0 amide bonds. The molecule has 2 aromatic heterocycles. The van der Waals surface area contributed by atoms with Crippen LogP contribution in [0.2, 0.25) is 0 Å². The number of rotatable bonds is 6. The van der Waals surface area contributed by atoms with Gasteiger partial charge in [0.25, 0.3) is 0 Å². The van der Waals surface area contributed by atoms with Gasteiger partial charge in [-0.1, -0.05) is 87.8 Å². The number of aromatic nitrogens is 5. The first-order valence-corrected chi connectivity index (χ1v) is 12.5. The summed E-state index contributed by atoms with van der Waals surface area (Å²) in [5, 5.41) is 18.5. The highest BCUT2D eigenvalue weighted by molar-refractivity contribution is 7.98. The van der Waals surface area contributed by atoms with Crippen molar-refractivity contribution in [3.8, 4) is 22.8 Å². The predicted molar refractivity (Wildman–Crippen MR) is 131 cm³/mol. The molecule has 4 aromatic rings. The Morgan fingerprint density at radius 2 is 1.61 bits per heavy atom. The molecule has 0 saturated heterocycles. The molecular formula is C26H29N5OS. The van der Waals surface area contributed by atoms with Crippen LogP contribution in [-0.2, 0) is 11.2 Å². The van der Waals surface area contributed by atoms with Gasteiger partial charge in [-0.15, -0.1) is 20.4 Å². The van der Waals surface area contributed by atoms with Crippen molar-refractivity contribution in [2.45, 2.75) is 68.8 Å². The lowest BCUT2D eigenvalue weighted by molar-refractivity contribution is 0.484. The maximum atomic E-state index is 5.89. The summed E-state index contributed by atoms with van der Waals surface area (Å²) in [7, 11) is 0. The smallest absolute Gasteiger partial charge is 0.247 e. The third-order valence-electron chi connectivity index (χ3n) is 6.18. The van der Waals surface area contributed by atoms with Crippen LogP contribution in [0.5, 0.6) is 0 Å². The summed E-state index contributed by atoms with van der Waals surface area (Å²) in [6.45, 7) is 6.70. The van der Waals surface area contributed by atoms with Crippen LogP contribution in [0.15, 0.2) is 64.2 Å². The van der Waals surface area contributed by atoms with E-state index in [1.807, 2.05) is 30.3 Å². The van der Waals surface area contributed by atoms with Crippen molar-refractivity contribution in [2.24, 2.45) is 0 Å². The summed E-state index contributed by atoms with van der Waals surface area (Å²) < 4.78 is 8.22. The van der Waals surface area contributed by atoms with Gasteiger partial charge in [-0.25, -0.2) is 0 Å². The van der Waals surface area contributed by atoms with Crippen LogP contribution < -0.4 is 0 Å². The highest BCUT2D eigenvalue weighted by Crippen LogP contribution is 2.37. The average molecular weight is 460 g/mol. The summed E-state index contributed by atoms with van der Waals surface area (Å²) in [5.74, 6) is 2.65. The summed E-state index contributed by atoms with van der Waals surface area (Å²) in [6, 6.07) is 19.0. The van der Waals surface area contributed by atoms with Crippen molar-refractivity contribution >= 4 is 11.8 Å². The van der Waals surface area contributed by atoms with Crippen LogP contribution >= 0.6 is 11.8 Å². The van der Waals surface area contributed by atoms with Gasteiger partial charge in [0.15, 0.2) is 11.0 Å². The van der Waals surface area contributed by atoms with Crippen LogP contribution in [0, 0.1) is 0 Å². The van der Waals surface area contributed by atoms with Crippen molar-refractivity contribution in [2.75, 3.05) is 0 Å². The summed E-state index contributed by atoms with van der Waals surface area (Å²) in [5.41, 5.74) is 3.48. The molecule has 7 heteroatoms. The van der Waals surface area contributed by atoms with Gasteiger partial charge in [0, 0.05) is 17.2 Å². The Morgan fingerprint density at radius 1 is 0.879 bits per heavy atom. The molecular weight excluding hydrogens is 430 g/mol. The largest absolute Gasteiger partial charge is 0.420 e. The second kappa shape index (κ2) is 9.14. The second-order valence-electron chi connectivity index (χ2n) is 9.60. The van der Waals surface area contributed by atoms with Gasteiger partial charge in [0.05, 0.1) is 5.75 Å². The lowest BCUT2D eigenvalue weighted by Gasteiger charge is -2.20. The first-order chi connectivity index (χ1) is 16.0. The van der Waals surface area contributed by atoms with Gasteiger partial charge in [0.1, 0.15) is 0 Å². The van der Waals surface area contributed by atoms with E-state index < -0.39 is 0 Å². The van der Waals surface area contributed by atoms with Gasteiger partial charge in [0.2, 0.25) is 11.8 Å². The molecule has 2 aromatic carbocycles. The maximum absolute atomic E-state index is 5.89. The van der Waals surface area contributed by atoms with E-state index >= 15 is 0 Å². The van der Waals surface area contributed by atoms with E-state index in [1.165, 1.54) is 18.4 Å². The summed E-state index contributed by atoms with van der Waals surface area (Å²) in [6.07, 6.45) is 4.83. The fraction of sp³-hybridized carbons (Fsp3) is 0.385. The van der Waals surface area contributed by atoms with Gasteiger partial charge < -0.3 is 4.42 Å². The van der Waals surface area contributed by atoms with E-state index in [4.69, 9.17) is 4.42 Å². The molecule has 1 fully saturated rings. The molecule has 0 aliphatic heterocycles. The molecule has 2 heterocycles. The van der Waals surface area contributed by atoms with Crippen LogP contribution in [0.25, 0.3) is 22.8 Å². The second-order valence-corrected chi connectivity index (χ2v) is 10.5. The minimum Gasteiger partial charge on any atom is -0.420 e. The van der Waals surface area contributed by atoms with E-state index in [9.17, 15) is 0 Å². The molecule has 0 bridgehead atoms. The zero-order valence-electron chi connectivity index (χ0n) is 19.4. The van der Waals surface area contributed by atoms with Gasteiger partial charge >= 0.3 is 0 Å². The van der Waals surface area contributed by atoms with Crippen molar-refractivity contribution in [3.05, 3.63) is 66.1 Å². The highest BCUT2D eigenvalue weighted by atomic mass is 32.2. The Balaban J connectivity index is 1.39. The highest BCUT2D eigenvalue weighted by Gasteiger charge is 2.25. The van der Waals surface area contributed by atoms with Crippen LogP contribution in [-0.4, -0.2) is 25.0 Å². The molecule has 170 valence electrons. The van der Waals surface area contributed by atoms with Gasteiger partial charge in [-0.3, -0.25) is 4.57 Å². The van der Waals surface area contributed by atoms with Crippen LogP contribution in [0.3, 0.4) is 0 Å². The lowest BCUT2D eigenvalue weighted by Crippen LogP contribution is -2.11. The number of nitrogens with zero attached hydrogens (tertiary/aromatic N) is 5. The minimum absolute atomic E-state index is 0.126. The topological polar surface area (TPSA) is 69.6 Å². The zero-order chi connectivity index (χ0) is 22.8. The van der Waals surface area contributed by atoms with Crippen molar-refractivity contribution in [1.29, 1.82) is 0 Å². The fourth-order valence-corrected chi connectivity index (χ4v) is 5.16. The summed E-state index contributed by atoms with van der Waals surface area (Å²) >= 11 is 1.61. The first kappa shape index (κ1) is 21.9. The van der Waals surface area contributed by atoms with Gasteiger partial charge in [-0.2, -0.15) is 0 Å². The van der Waals surface area contributed by atoms with Crippen molar-refractivity contribution < 1.29 is 4.42 Å². The van der Waals surface area contributed by atoms with E-state index in [2.05, 4.69) is 70.0 Å². The van der Waals surface area contributed by atoms with Crippen LogP contribution in [0.1, 0.15) is 64.0 Å². The number of benzene rings is 2. The maximum Gasteiger partial charge on any atom is 0.247 e. The Hall–Kier alpha value is -2.93. The van der Waals surface area contributed by atoms with Gasteiger partial charge in [-0.05, 0) is 36.0 Å². The Kier molecular flexibility index (Phi) is 6.06. The first-order valence-electron chi connectivity index (χ1n) is 11.6. The number of hydrogen-bond acceptors (Lipinski definition) is 6. The monoisotopic (exact) mass is 459 g/mol. The predicted octanol–water partition coefficient (Wildman–Crippen LogP) is 6.70. The minimum atomic E-state index is 0.126. The molecule has 0 radical (unpaired) electrons. The number of thioether (sulfide) groups is 1.